The molecule has 1 atom stereocenters. The quantitative estimate of drug-likeness (QED) is 0.811. The molecule has 1 fully saturated rings. The summed E-state index contributed by atoms with van der Waals surface area (Å²) in [5.74, 6) is 1.04. The van der Waals surface area contributed by atoms with Gasteiger partial charge in [0.05, 0.1) is 12.1 Å². The summed E-state index contributed by atoms with van der Waals surface area (Å²) in [7, 11) is 0. The van der Waals surface area contributed by atoms with E-state index in [1.54, 1.807) is 11.3 Å². The van der Waals surface area contributed by atoms with Gasteiger partial charge < -0.3 is 9.64 Å². The maximum absolute atomic E-state index is 12.4. The minimum atomic E-state index is 0.204. The van der Waals surface area contributed by atoms with Crippen LogP contribution in [-0.4, -0.2) is 28.4 Å². The van der Waals surface area contributed by atoms with E-state index in [1.165, 1.54) is 0 Å². The highest BCUT2D eigenvalue weighted by atomic mass is 32.1. The topological polar surface area (TPSA) is 42.4 Å². The Labute approximate surface area is 141 Å². The maximum atomic E-state index is 12.4. The monoisotopic (exact) mass is 330 g/mol. The number of nitrogens with zero attached hydrogens (tertiary/aromatic N) is 2. The summed E-state index contributed by atoms with van der Waals surface area (Å²) in [4.78, 5) is 19.0. The van der Waals surface area contributed by atoms with E-state index in [9.17, 15) is 4.79 Å². The Morgan fingerprint density at radius 1 is 1.39 bits per heavy atom. The molecule has 0 spiro atoms. The zero-order valence-electron chi connectivity index (χ0n) is 13.4. The van der Waals surface area contributed by atoms with Crippen molar-refractivity contribution in [2.45, 2.75) is 45.3 Å². The van der Waals surface area contributed by atoms with Crippen LogP contribution in [-0.2, 0) is 17.8 Å². The van der Waals surface area contributed by atoms with Gasteiger partial charge in [-0.2, -0.15) is 0 Å². The van der Waals surface area contributed by atoms with Gasteiger partial charge in [0.15, 0.2) is 0 Å². The molecule has 0 aliphatic carbocycles. The lowest BCUT2D eigenvalue weighted by molar-refractivity contribution is -0.131. The normalized spacial score (nSPS) is 17.4. The Kier molecular flexibility index (Phi) is 5.28. The van der Waals surface area contributed by atoms with Crippen LogP contribution >= 0.6 is 11.3 Å². The Morgan fingerprint density at radius 3 is 3.00 bits per heavy atom. The first kappa shape index (κ1) is 16.0. The molecule has 5 heteroatoms. The molecule has 1 aromatic carbocycles. The molecule has 122 valence electrons. The molecule has 2 heterocycles. The van der Waals surface area contributed by atoms with E-state index >= 15 is 0 Å². The van der Waals surface area contributed by atoms with Gasteiger partial charge >= 0.3 is 0 Å². The Hall–Kier alpha value is -1.88. The number of para-hydroxylation sites is 1. The summed E-state index contributed by atoms with van der Waals surface area (Å²) in [6.45, 7) is 3.49. The van der Waals surface area contributed by atoms with Crippen LogP contribution in [0.1, 0.15) is 36.9 Å². The predicted octanol–water partition coefficient (Wildman–Crippen LogP) is 3.67. The van der Waals surface area contributed by atoms with Crippen molar-refractivity contribution < 1.29 is 9.53 Å². The number of carbonyl (C=O) groups excluding carboxylic acids is 1. The summed E-state index contributed by atoms with van der Waals surface area (Å²) in [6.07, 6.45) is 3.70. The third-order valence-electron chi connectivity index (χ3n) is 4.21. The molecular weight excluding hydrogens is 308 g/mol. The SMILES string of the molecule is CCC1CCCN1C(=O)Cc1csc(COc2ccccc2)n1. The highest BCUT2D eigenvalue weighted by Gasteiger charge is 2.27. The minimum Gasteiger partial charge on any atom is -0.486 e. The van der Waals surface area contributed by atoms with E-state index < -0.39 is 0 Å². The molecule has 2 aromatic rings. The number of benzene rings is 1. The van der Waals surface area contributed by atoms with Crippen molar-refractivity contribution in [2.24, 2.45) is 0 Å². The first-order valence-electron chi connectivity index (χ1n) is 8.17. The zero-order chi connectivity index (χ0) is 16.1. The van der Waals surface area contributed by atoms with E-state index in [0.717, 1.165) is 42.3 Å². The van der Waals surface area contributed by atoms with Crippen molar-refractivity contribution in [1.82, 2.24) is 9.88 Å². The van der Waals surface area contributed by atoms with Crippen molar-refractivity contribution in [3.63, 3.8) is 0 Å². The molecule has 1 aliphatic heterocycles. The van der Waals surface area contributed by atoms with Gasteiger partial charge in [0, 0.05) is 18.0 Å². The smallest absolute Gasteiger partial charge is 0.228 e. The first-order chi connectivity index (χ1) is 11.3. The number of rotatable bonds is 6. The fraction of sp³-hybridized carbons (Fsp3) is 0.444. The second-order valence-corrected chi connectivity index (χ2v) is 6.75. The molecule has 1 aromatic heterocycles. The molecule has 1 aliphatic rings. The van der Waals surface area contributed by atoms with Crippen LogP contribution in [0.2, 0.25) is 0 Å². The third-order valence-corrected chi connectivity index (χ3v) is 5.08. The molecule has 1 unspecified atom stereocenters. The van der Waals surface area contributed by atoms with Crippen molar-refractivity contribution in [3.8, 4) is 5.75 Å². The number of amides is 1. The summed E-state index contributed by atoms with van der Waals surface area (Å²) in [5.41, 5.74) is 0.855. The molecule has 0 saturated carbocycles. The van der Waals surface area contributed by atoms with Gasteiger partial charge in [0.2, 0.25) is 5.91 Å². The van der Waals surface area contributed by atoms with Crippen molar-refractivity contribution in [1.29, 1.82) is 0 Å². The van der Waals surface area contributed by atoms with Gasteiger partial charge in [-0.25, -0.2) is 4.98 Å². The van der Waals surface area contributed by atoms with Gasteiger partial charge in [0.1, 0.15) is 17.4 Å². The van der Waals surface area contributed by atoms with Crippen LogP contribution in [0.5, 0.6) is 5.75 Å². The van der Waals surface area contributed by atoms with Crippen LogP contribution in [0, 0.1) is 0 Å². The molecule has 23 heavy (non-hydrogen) atoms. The van der Waals surface area contributed by atoms with Gasteiger partial charge in [-0.3, -0.25) is 4.79 Å². The number of hydrogen-bond donors (Lipinski definition) is 0. The second-order valence-electron chi connectivity index (χ2n) is 5.80. The Balaban J connectivity index is 1.54. The number of hydrogen-bond acceptors (Lipinski definition) is 4. The number of ether oxygens (including phenoxy) is 1. The molecule has 0 radical (unpaired) electrons. The maximum Gasteiger partial charge on any atom is 0.228 e. The van der Waals surface area contributed by atoms with Gasteiger partial charge in [0.25, 0.3) is 0 Å². The third kappa shape index (κ3) is 4.10. The predicted molar refractivity (Wildman–Crippen MR) is 91.6 cm³/mol. The van der Waals surface area contributed by atoms with Crippen molar-refractivity contribution >= 4 is 17.2 Å². The lowest BCUT2D eigenvalue weighted by Crippen LogP contribution is -2.36. The fourth-order valence-corrected chi connectivity index (χ4v) is 3.71. The minimum absolute atomic E-state index is 0.204. The molecule has 0 bridgehead atoms. The molecular formula is C18H22N2O2S. The average Bonchev–Trinajstić information content (AvgIpc) is 3.22. The van der Waals surface area contributed by atoms with Crippen LogP contribution < -0.4 is 4.74 Å². The number of thiazole rings is 1. The number of carbonyl (C=O) groups is 1. The molecule has 1 amide bonds. The second kappa shape index (κ2) is 7.59. The average molecular weight is 330 g/mol. The van der Waals surface area contributed by atoms with Gasteiger partial charge in [-0.1, -0.05) is 25.1 Å². The summed E-state index contributed by atoms with van der Waals surface area (Å²) in [5, 5.41) is 2.88. The van der Waals surface area contributed by atoms with Crippen LogP contribution in [0.25, 0.3) is 0 Å². The Bertz CT molecular complexity index is 641. The van der Waals surface area contributed by atoms with E-state index in [-0.39, 0.29) is 5.91 Å². The van der Waals surface area contributed by atoms with Crippen molar-refractivity contribution in [3.05, 3.63) is 46.4 Å². The van der Waals surface area contributed by atoms with E-state index in [0.29, 0.717) is 19.1 Å². The van der Waals surface area contributed by atoms with E-state index in [4.69, 9.17) is 4.74 Å². The van der Waals surface area contributed by atoms with E-state index in [1.807, 2.05) is 40.6 Å². The molecule has 0 N–H and O–H groups in total. The van der Waals surface area contributed by atoms with Crippen molar-refractivity contribution in [2.75, 3.05) is 6.54 Å². The fourth-order valence-electron chi connectivity index (χ4n) is 3.00. The Morgan fingerprint density at radius 2 is 2.22 bits per heavy atom. The summed E-state index contributed by atoms with van der Waals surface area (Å²) < 4.78 is 5.70. The largest absolute Gasteiger partial charge is 0.486 e. The summed E-state index contributed by atoms with van der Waals surface area (Å²) in [6, 6.07) is 10.1. The molecule has 1 saturated heterocycles. The van der Waals surface area contributed by atoms with Crippen LogP contribution in [0.15, 0.2) is 35.7 Å². The first-order valence-corrected chi connectivity index (χ1v) is 9.05. The summed E-state index contributed by atoms with van der Waals surface area (Å²) >= 11 is 1.55. The number of aromatic nitrogens is 1. The van der Waals surface area contributed by atoms with Gasteiger partial charge in [-0.15, -0.1) is 11.3 Å². The zero-order valence-corrected chi connectivity index (χ0v) is 14.2. The molecule has 3 rings (SSSR count). The van der Waals surface area contributed by atoms with Crippen LogP contribution in [0.3, 0.4) is 0 Å². The number of likely N-dealkylation sites (tertiary alicyclic amines) is 1. The standard InChI is InChI=1S/C18H22N2O2S/c1-2-15-7-6-10-20(15)18(21)11-14-13-23-17(19-14)12-22-16-8-4-3-5-9-16/h3-5,8-9,13,15H,2,6-7,10-12H2,1H3. The van der Waals surface area contributed by atoms with E-state index in [2.05, 4.69) is 11.9 Å². The highest BCUT2D eigenvalue weighted by Crippen LogP contribution is 2.21. The van der Waals surface area contributed by atoms with Crippen LogP contribution in [0.4, 0.5) is 0 Å². The molecule has 4 nitrogen and oxygen atoms in total. The highest BCUT2D eigenvalue weighted by molar-refractivity contribution is 7.09. The lowest BCUT2D eigenvalue weighted by atomic mass is 10.1. The lowest BCUT2D eigenvalue weighted by Gasteiger charge is -2.23. The van der Waals surface area contributed by atoms with Gasteiger partial charge in [-0.05, 0) is 31.4 Å².